The first-order chi connectivity index (χ1) is 13.7. The Bertz CT molecular complexity index is 1020. The fraction of sp³-hybridized carbons (Fsp3) is 0.0455. The highest BCUT2D eigenvalue weighted by molar-refractivity contribution is 5.92. The summed E-state index contributed by atoms with van der Waals surface area (Å²) in [5.41, 5.74) is 1.48. The van der Waals surface area contributed by atoms with Crippen LogP contribution in [0.25, 0.3) is 0 Å². The van der Waals surface area contributed by atoms with E-state index in [0.717, 1.165) is 0 Å². The molecule has 3 aromatic rings. The van der Waals surface area contributed by atoms with Crippen molar-refractivity contribution in [1.82, 2.24) is 0 Å². The second-order valence-electron chi connectivity index (χ2n) is 5.76. The monoisotopic (exact) mass is 372 g/mol. The van der Waals surface area contributed by atoms with E-state index >= 15 is 0 Å². The Morgan fingerprint density at radius 2 is 1.79 bits per heavy atom. The SMILES string of the molecule is N#Cc1cccc(Oc2ccc(NC(=O)COc3ccccc3C=O)cc2)c1. The molecule has 1 amide bonds. The van der Waals surface area contributed by atoms with E-state index in [-0.39, 0.29) is 12.5 Å². The van der Waals surface area contributed by atoms with Gasteiger partial charge in [-0.25, -0.2) is 0 Å². The van der Waals surface area contributed by atoms with Gasteiger partial charge >= 0.3 is 0 Å². The van der Waals surface area contributed by atoms with Gasteiger partial charge in [0.1, 0.15) is 17.2 Å². The fourth-order valence-electron chi connectivity index (χ4n) is 2.42. The maximum absolute atomic E-state index is 12.0. The number of para-hydroxylation sites is 1. The molecule has 0 spiro atoms. The van der Waals surface area contributed by atoms with Crippen molar-refractivity contribution in [2.45, 2.75) is 0 Å². The molecule has 0 radical (unpaired) electrons. The second-order valence-corrected chi connectivity index (χ2v) is 5.76. The van der Waals surface area contributed by atoms with Crippen LogP contribution in [0.15, 0.2) is 72.8 Å². The lowest BCUT2D eigenvalue weighted by Gasteiger charge is -2.10. The molecule has 0 aromatic heterocycles. The Kier molecular flexibility index (Phi) is 6.01. The van der Waals surface area contributed by atoms with Crippen LogP contribution in [0.1, 0.15) is 15.9 Å². The van der Waals surface area contributed by atoms with Crippen molar-refractivity contribution in [2.24, 2.45) is 0 Å². The van der Waals surface area contributed by atoms with Gasteiger partial charge in [-0.05, 0) is 54.6 Å². The molecule has 0 bridgehead atoms. The average Bonchev–Trinajstić information content (AvgIpc) is 2.74. The van der Waals surface area contributed by atoms with Crippen molar-refractivity contribution in [3.05, 3.63) is 83.9 Å². The topological polar surface area (TPSA) is 88.4 Å². The molecule has 0 unspecified atom stereocenters. The Balaban J connectivity index is 1.55. The number of ether oxygens (including phenoxy) is 2. The maximum Gasteiger partial charge on any atom is 0.262 e. The van der Waals surface area contributed by atoms with Gasteiger partial charge in [0.15, 0.2) is 12.9 Å². The fourth-order valence-corrected chi connectivity index (χ4v) is 2.42. The molecule has 0 heterocycles. The number of benzene rings is 3. The van der Waals surface area contributed by atoms with E-state index in [9.17, 15) is 9.59 Å². The first-order valence-corrected chi connectivity index (χ1v) is 8.43. The molecule has 138 valence electrons. The lowest BCUT2D eigenvalue weighted by Crippen LogP contribution is -2.20. The number of nitriles is 1. The molecule has 3 aromatic carbocycles. The van der Waals surface area contributed by atoms with Crippen molar-refractivity contribution in [3.63, 3.8) is 0 Å². The van der Waals surface area contributed by atoms with Gasteiger partial charge < -0.3 is 14.8 Å². The summed E-state index contributed by atoms with van der Waals surface area (Å²) in [6.07, 6.45) is 0.679. The van der Waals surface area contributed by atoms with E-state index < -0.39 is 0 Å². The first kappa shape index (κ1) is 18.7. The standard InChI is InChI=1S/C22H16N2O4/c23-13-16-4-3-6-20(12-16)28-19-10-8-18(9-11-19)24-22(26)15-27-21-7-2-1-5-17(21)14-25/h1-12,14H,15H2,(H,24,26). The van der Waals surface area contributed by atoms with Crippen LogP contribution in [0.5, 0.6) is 17.2 Å². The number of aldehydes is 1. The molecule has 3 rings (SSSR count). The third-order valence-corrected chi connectivity index (χ3v) is 3.74. The highest BCUT2D eigenvalue weighted by Gasteiger charge is 2.07. The lowest BCUT2D eigenvalue weighted by molar-refractivity contribution is -0.118. The van der Waals surface area contributed by atoms with Crippen molar-refractivity contribution < 1.29 is 19.1 Å². The number of nitrogens with zero attached hydrogens (tertiary/aromatic N) is 1. The predicted molar refractivity (Wildman–Crippen MR) is 104 cm³/mol. The van der Waals surface area contributed by atoms with Crippen molar-refractivity contribution >= 4 is 17.9 Å². The van der Waals surface area contributed by atoms with E-state index in [2.05, 4.69) is 11.4 Å². The maximum atomic E-state index is 12.0. The molecule has 6 nitrogen and oxygen atoms in total. The summed E-state index contributed by atoms with van der Waals surface area (Å²) in [4.78, 5) is 23.0. The van der Waals surface area contributed by atoms with Gasteiger partial charge in [-0.2, -0.15) is 5.26 Å². The highest BCUT2D eigenvalue weighted by atomic mass is 16.5. The summed E-state index contributed by atoms with van der Waals surface area (Å²) < 4.78 is 11.1. The van der Waals surface area contributed by atoms with E-state index in [1.807, 2.05) is 0 Å². The molecule has 0 saturated heterocycles. The normalized spacial score (nSPS) is 9.82. The van der Waals surface area contributed by atoms with Gasteiger partial charge in [-0.15, -0.1) is 0 Å². The minimum Gasteiger partial charge on any atom is -0.483 e. The molecule has 0 aliphatic carbocycles. The molecular formula is C22H16N2O4. The van der Waals surface area contributed by atoms with Crippen LogP contribution in [0.3, 0.4) is 0 Å². The Labute approximate surface area is 161 Å². The number of carbonyl (C=O) groups is 2. The van der Waals surface area contributed by atoms with Crippen molar-refractivity contribution in [1.29, 1.82) is 5.26 Å². The zero-order valence-corrected chi connectivity index (χ0v) is 14.8. The third-order valence-electron chi connectivity index (χ3n) is 3.74. The van der Waals surface area contributed by atoms with Crippen LogP contribution in [0, 0.1) is 11.3 Å². The average molecular weight is 372 g/mol. The van der Waals surface area contributed by atoms with Crippen LogP contribution >= 0.6 is 0 Å². The molecule has 28 heavy (non-hydrogen) atoms. The largest absolute Gasteiger partial charge is 0.483 e. The summed E-state index contributed by atoms with van der Waals surface area (Å²) >= 11 is 0. The number of anilines is 1. The smallest absolute Gasteiger partial charge is 0.262 e. The highest BCUT2D eigenvalue weighted by Crippen LogP contribution is 2.23. The lowest BCUT2D eigenvalue weighted by atomic mass is 10.2. The van der Waals surface area contributed by atoms with Gasteiger partial charge in [-0.3, -0.25) is 9.59 Å². The number of hydrogen-bond acceptors (Lipinski definition) is 5. The summed E-state index contributed by atoms with van der Waals surface area (Å²) in [5.74, 6) is 1.13. The van der Waals surface area contributed by atoms with E-state index in [1.165, 1.54) is 0 Å². The number of amides is 1. The zero-order valence-electron chi connectivity index (χ0n) is 14.8. The summed E-state index contributed by atoms with van der Waals surface area (Å²) in [6, 6.07) is 22.4. The van der Waals surface area contributed by atoms with E-state index in [1.54, 1.807) is 72.8 Å². The van der Waals surface area contributed by atoms with Crippen LogP contribution in [0.4, 0.5) is 5.69 Å². The van der Waals surface area contributed by atoms with E-state index in [4.69, 9.17) is 14.7 Å². The first-order valence-electron chi connectivity index (χ1n) is 8.43. The predicted octanol–water partition coefficient (Wildman–Crippen LogP) is 4.18. The zero-order chi connectivity index (χ0) is 19.8. The van der Waals surface area contributed by atoms with Crippen molar-refractivity contribution in [2.75, 3.05) is 11.9 Å². The Morgan fingerprint density at radius 1 is 1.00 bits per heavy atom. The molecule has 6 heteroatoms. The van der Waals surface area contributed by atoms with Crippen LogP contribution in [-0.2, 0) is 4.79 Å². The molecule has 0 saturated carbocycles. The second kappa shape index (κ2) is 9.01. The number of carbonyl (C=O) groups excluding carboxylic acids is 2. The molecule has 1 N–H and O–H groups in total. The van der Waals surface area contributed by atoms with E-state index in [0.29, 0.717) is 40.3 Å². The van der Waals surface area contributed by atoms with Gasteiger partial charge in [-0.1, -0.05) is 18.2 Å². The number of nitrogens with one attached hydrogen (secondary N) is 1. The summed E-state index contributed by atoms with van der Waals surface area (Å²) in [5, 5.41) is 11.6. The van der Waals surface area contributed by atoms with Crippen LogP contribution in [-0.4, -0.2) is 18.8 Å². The third kappa shape index (κ3) is 4.96. The molecule has 0 aliphatic heterocycles. The summed E-state index contributed by atoms with van der Waals surface area (Å²) in [7, 11) is 0. The van der Waals surface area contributed by atoms with Gasteiger partial charge in [0.05, 0.1) is 17.2 Å². The van der Waals surface area contributed by atoms with Crippen LogP contribution < -0.4 is 14.8 Å². The van der Waals surface area contributed by atoms with Gasteiger partial charge in [0.25, 0.3) is 5.91 Å². The molecule has 0 aliphatic rings. The number of rotatable bonds is 7. The van der Waals surface area contributed by atoms with Crippen LogP contribution in [0.2, 0.25) is 0 Å². The Hall–Kier alpha value is -4.11. The molecular weight excluding hydrogens is 356 g/mol. The van der Waals surface area contributed by atoms with Gasteiger partial charge in [0, 0.05) is 5.69 Å². The molecule has 0 fully saturated rings. The minimum atomic E-state index is -0.351. The van der Waals surface area contributed by atoms with Gasteiger partial charge in [0.2, 0.25) is 0 Å². The summed E-state index contributed by atoms with van der Waals surface area (Å²) in [6.45, 7) is -0.218. The Morgan fingerprint density at radius 3 is 2.54 bits per heavy atom. The quantitative estimate of drug-likeness (QED) is 0.629. The minimum absolute atomic E-state index is 0.218. The van der Waals surface area contributed by atoms with Crippen molar-refractivity contribution in [3.8, 4) is 23.3 Å². The number of hydrogen-bond donors (Lipinski definition) is 1. The molecule has 0 atom stereocenters.